The molecule has 0 unspecified atom stereocenters. The van der Waals surface area contributed by atoms with E-state index >= 15 is 0 Å². The summed E-state index contributed by atoms with van der Waals surface area (Å²) in [6, 6.07) is 6.30. The van der Waals surface area contributed by atoms with Crippen LogP contribution in [0.25, 0.3) is 0 Å². The van der Waals surface area contributed by atoms with E-state index in [0.717, 1.165) is 10.7 Å². The molecule has 25 heavy (non-hydrogen) atoms. The lowest BCUT2D eigenvalue weighted by Crippen LogP contribution is -2.51. The van der Waals surface area contributed by atoms with Crippen molar-refractivity contribution in [1.29, 1.82) is 0 Å². The molecule has 0 atom stereocenters. The van der Waals surface area contributed by atoms with Crippen molar-refractivity contribution in [2.75, 3.05) is 36.8 Å². The van der Waals surface area contributed by atoms with E-state index in [4.69, 9.17) is 10.8 Å². The average Bonchev–Trinajstić information content (AvgIpc) is 3.06. The number of nitrogen functional groups attached to an aromatic ring is 1. The standard InChI is InChI=1S/C15H18N6O3S/c16-13-18-15(25-19-13)21-7-5-20(6-8-21)14(24)17-9-10-1-3-11(4-2-10)12(22)23/h1-4H,5-9H2,(H2,16,19)(H,17,24)(H,22,23). The maximum Gasteiger partial charge on any atom is 0.335 e. The van der Waals surface area contributed by atoms with E-state index in [0.29, 0.717) is 32.7 Å². The number of hydrogen-bond donors (Lipinski definition) is 3. The van der Waals surface area contributed by atoms with E-state index in [1.165, 1.54) is 23.7 Å². The summed E-state index contributed by atoms with van der Waals surface area (Å²) in [6.45, 7) is 2.88. The highest BCUT2D eigenvalue weighted by Crippen LogP contribution is 2.19. The van der Waals surface area contributed by atoms with E-state index in [1.807, 2.05) is 0 Å². The number of carbonyl (C=O) groups excluding carboxylic acids is 1. The molecule has 1 saturated heterocycles. The number of urea groups is 1. The molecule has 9 nitrogen and oxygen atoms in total. The van der Waals surface area contributed by atoms with Crippen molar-refractivity contribution < 1.29 is 14.7 Å². The van der Waals surface area contributed by atoms with Crippen molar-refractivity contribution in [2.24, 2.45) is 0 Å². The quantitative estimate of drug-likeness (QED) is 0.736. The highest BCUT2D eigenvalue weighted by molar-refractivity contribution is 7.09. The number of aromatic nitrogens is 2. The molecule has 2 heterocycles. The van der Waals surface area contributed by atoms with Crippen LogP contribution in [-0.2, 0) is 6.54 Å². The predicted octanol–water partition coefficient (Wildman–Crippen LogP) is 0.850. The van der Waals surface area contributed by atoms with Gasteiger partial charge in [-0.2, -0.15) is 9.36 Å². The van der Waals surface area contributed by atoms with Crippen LogP contribution in [0.5, 0.6) is 0 Å². The van der Waals surface area contributed by atoms with Crippen LogP contribution in [0.1, 0.15) is 15.9 Å². The Bertz CT molecular complexity index is 755. The summed E-state index contributed by atoms with van der Waals surface area (Å²) in [7, 11) is 0. The highest BCUT2D eigenvalue weighted by Gasteiger charge is 2.22. The average molecular weight is 362 g/mol. The molecule has 4 N–H and O–H groups in total. The van der Waals surface area contributed by atoms with Gasteiger partial charge in [-0.25, -0.2) is 9.59 Å². The summed E-state index contributed by atoms with van der Waals surface area (Å²) < 4.78 is 3.96. The molecule has 1 aromatic heterocycles. The Morgan fingerprint density at radius 3 is 2.44 bits per heavy atom. The van der Waals surface area contributed by atoms with Crippen LogP contribution < -0.4 is 16.0 Å². The number of nitrogens with one attached hydrogen (secondary N) is 1. The minimum atomic E-state index is -0.967. The smallest absolute Gasteiger partial charge is 0.335 e. The molecule has 10 heteroatoms. The van der Waals surface area contributed by atoms with E-state index in [-0.39, 0.29) is 17.5 Å². The molecule has 0 bridgehead atoms. The molecule has 0 spiro atoms. The van der Waals surface area contributed by atoms with Gasteiger partial charge < -0.3 is 26.0 Å². The number of rotatable bonds is 4. The van der Waals surface area contributed by atoms with Crippen LogP contribution in [0.3, 0.4) is 0 Å². The first-order chi connectivity index (χ1) is 12.0. The second-order valence-electron chi connectivity index (χ2n) is 5.57. The van der Waals surface area contributed by atoms with Crippen LogP contribution in [0.15, 0.2) is 24.3 Å². The Labute approximate surface area is 148 Å². The van der Waals surface area contributed by atoms with Gasteiger partial charge in [-0.1, -0.05) is 12.1 Å². The lowest BCUT2D eigenvalue weighted by atomic mass is 10.1. The molecule has 0 aliphatic carbocycles. The number of nitrogens with zero attached hydrogens (tertiary/aromatic N) is 4. The number of carboxylic acids is 1. The summed E-state index contributed by atoms with van der Waals surface area (Å²) in [5.41, 5.74) is 6.61. The number of hydrogen-bond acceptors (Lipinski definition) is 7. The highest BCUT2D eigenvalue weighted by atomic mass is 32.1. The third kappa shape index (κ3) is 4.15. The summed E-state index contributed by atoms with van der Waals surface area (Å²) in [6.07, 6.45) is 0. The topological polar surface area (TPSA) is 125 Å². The van der Waals surface area contributed by atoms with Gasteiger partial charge in [0.1, 0.15) is 0 Å². The Morgan fingerprint density at radius 1 is 1.20 bits per heavy atom. The zero-order valence-corrected chi connectivity index (χ0v) is 14.2. The fraction of sp³-hybridized carbons (Fsp3) is 0.333. The summed E-state index contributed by atoms with van der Waals surface area (Å²) in [4.78, 5) is 31.0. The number of nitrogens with two attached hydrogens (primary N) is 1. The van der Waals surface area contributed by atoms with Crippen molar-refractivity contribution in [3.05, 3.63) is 35.4 Å². The van der Waals surface area contributed by atoms with Gasteiger partial charge in [0.2, 0.25) is 11.1 Å². The number of benzene rings is 1. The number of piperazine rings is 1. The van der Waals surface area contributed by atoms with Gasteiger partial charge in [0.05, 0.1) is 5.56 Å². The largest absolute Gasteiger partial charge is 0.478 e. The first-order valence-corrected chi connectivity index (χ1v) is 8.49. The van der Waals surface area contributed by atoms with Crippen molar-refractivity contribution in [3.63, 3.8) is 0 Å². The normalized spacial score (nSPS) is 14.4. The lowest BCUT2D eigenvalue weighted by molar-refractivity contribution is 0.0697. The Morgan fingerprint density at radius 2 is 1.88 bits per heavy atom. The van der Waals surface area contributed by atoms with Gasteiger partial charge in [0, 0.05) is 44.3 Å². The molecular formula is C15H18N6O3S. The maximum absolute atomic E-state index is 12.3. The van der Waals surface area contributed by atoms with E-state index in [9.17, 15) is 9.59 Å². The van der Waals surface area contributed by atoms with Crippen molar-refractivity contribution in [1.82, 2.24) is 19.6 Å². The second-order valence-corrected chi connectivity index (χ2v) is 6.30. The fourth-order valence-electron chi connectivity index (χ4n) is 2.51. The fourth-order valence-corrected chi connectivity index (χ4v) is 3.16. The SMILES string of the molecule is Nc1nsc(N2CCN(C(=O)NCc3ccc(C(=O)O)cc3)CC2)n1. The second kappa shape index (κ2) is 7.34. The van der Waals surface area contributed by atoms with Crippen LogP contribution in [-0.4, -0.2) is 57.5 Å². The maximum atomic E-state index is 12.3. The number of aromatic carboxylic acids is 1. The zero-order chi connectivity index (χ0) is 17.8. The molecule has 0 radical (unpaired) electrons. The molecule has 2 amide bonds. The van der Waals surface area contributed by atoms with Crippen LogP contribution >= 0.6 is 11.5 Å². The number of carboxylic acid groups (broad SMARTS) is 1. The van der Waals surface area contributed by atoms with E-state index in [2.05, 4.69) is 19.6 Å². The molecule has 0 saturated carbocycles. The van der Waals surface area contributed by atoms with Gasteiger partial charge in [0.25, 0.3) is 0 Å². The molecule has 3 rings (SSSR count). The van der Waals surface area contributed by atoms with Gasteiger partial charge >= 0.3 is 12.0 Å². The Balaban J connectivity index is 1.47. The minimum absolute atomic E-state index is 0.140. The number of carbonyl (C=O) groups is 2. The summed E-state index contributed by atoms with van der Waals surface area (Å²) >= 11 is 1.26. The molecular weight excluding hydrogens is 344 g/mol. The summed E-state index contributed by atoms with van der Waals surface area (Å²) in [5, 5.41) is 12.5. The van der Waals surface area contributed by atoms with Gasteiger partial charge in [-0.05, 0) is 17.7 Å². The molecule has 1 aliphatic rings. The van der Waals surface area contributed by atoms with E-state index < -0.39 is 5.97 Å². The van der Waals surface area contributed by atoms with Crippen molar-refractivity contribution >= 4 is 34.6 Å². The molecule has 1 aliphatic heterocycles. The predicted molar refractivity (Wildman–Crippen MR) is 93.7 cm³/mol. The molecule has 1 fully saturated rings. The van der Waals surface area contributed by atoms with E-state index in [1.54, 1.807) is 17.0 Å². The van der Waals surface area contributed by atoms with Crippen molar-refractivity contribution in [3.8, 4) is 0 Å². The Kier molecular flexibility index (Phi) is 4.98. The molecule has 132 valence electrons. The molecule has 1 aromatic carbocycles. The number of anilines is 2. The van der Waals surface area contributed by atoms with Crippen LogP contribution in [0.4, 0.5) is 15.9 Å². The van der Waals surface area contributed by atoms with Crippen LogP contribution in [0, 0.1) is 0 Å². The Hall–Kier alpha value is -2.88. The zero-order valence-electron chi connectivity index (χ0n) is 13.4. The first kappa shape index (κ1) is 17.0. The van der Waals surface area contributed by atoms with Gasteiger partial charge in [0.15, 0.2) is 0 Å². The minimum Gasteiger partial charge on any atom is -0.478 e. The monoisotopic (exact) mass is 362 g/mol. The first-order valence-electron chi connectivity index (χ1n) is 7.72. The van der Waals surface area contributed by atoms with Crippen LogP contribution in [0.2, 0.25) is 0 Å². The third-order valence-corrected chi connectivity index (χ3v) is 4.70. The van der Waals surface area contributed by atoms with Crippen molar-refractivity contribution in [2.45, 2.75) is 6.54 Å². The molecule has 2 aromatic rings. The third-order valence-electron chi connectivity index (χ3n) is 3.91. The van der Waals surface area contributed by atoms with Gasteiger partial charge in [-0.15, -0.1) is 0 Å². The van der Waals surface area contributed by atoms with Gasteiger partial charge in [-0.3, -0.25) is 0 Å². The summed E-state index contributed by atoms with van der Waals surface area (Å²) in [5.74, 6) is -0.695. The lowest BCUT2D eigenvalue weighted by Gasteiger charge is -2.34. The number of amides is 2.